The maximum Gasteiger partial charge on any atom is 0.348 e. The molecule has 1 N–H and O–H groups in total. The van der Waals surface area contributed by atoms with E-state index >= 15 is 0 Å². The van der Waals surface area contributed by atoms with E-state index in [0.717, 1.165) is 17.0 Å². The molecule has 158 valence electrons. The highest BCUT2D eigenvalue weighted by Crippen LogP contribution is 2.34. The summed E-state index contributed by atoms with van der Waals surface area (Å²) in [7, 11) is 0. The lowest BCUT2D eigenvalue weighted by molar-refractivity contribution is -0.115. The van der Waals surface area contributed by atoms with E-state index in [1.807, 2.05) is 28.8 Å². The zero-order valence-corrected chi connectivity index (χ0v) is 18.0. The minimum atomic E-state index is -0.599. The number of hydrogen-bond acceptors (Lipinski definition) is 7. The number of hydrogen-bond donors (Lipinski definition) is 1. The van der Waals surface area contributed by atoms with Crippen molar-refractivity contribution in [2.75, 3.05) is 11.9 Å². The molecule has 8 nitrogen and oxygen atoms in total. The Bertz CT molecular complexity index is 1070. The summed E-state index contributed by atoms with van der Waals surface area (Å²) in [6, 6.07) is 5.58. The third kappa shape index (κ3) is 4.68. The van der Waals surface area contributed by atoms with Crippen LogP contribution < -0.4 is 5.32 Å². The molecule has 1 amide bonds. The number of aromatic nitrogens is 2. The number of fused-ring (bicyclic) bond motifs is 1. The number of carbonyl (C=O) groups excluding carboxylic acids is 3. The number of amides is 1. The number of nitrogens with one attached hydrogen (secondary N) is 1. The Morgan fingerprint density at radius 2 is 2.00 bits per heavy atom. The van der Waals surface area contributed by atoms with Crippen molar-refractivity contribution in [2.45, 2.75) is 40.2 Å². The predicted molar refractivity (Wildman–Crippen MR) is 113 cm³/mol. The van der Waals surface area contributed by atoms with Crippen LogP contribution in [0.4, 0.5) is 5.00 Å². The Balaban J connectivity index is 1.86. The Morgan fingerprint density at radius 1 is 1.23 bits per heavy atom. The molecule has 30 heavy (non-hydrogen) atoms. The van der Waals surface area contributed by atoms with Crippen molar-refractivity contribution in [3.05, 3.63) is 52.3 Å². The van der Waals surface area contributed by atoms with E-state index in [9.17, 15) is 14.4 Å². The highest BCUT2D eigenvalue weighted by Gasteiger charge is 2.28. The summed E-state index contributed by atoms with van der Waals surface area (Å²) in [4.78, 5) is 42.2. The molecule has 0 atom stereocenters. The molecule has 9 heteroatoms. The van der Waals surface area contributed by atoms with E-state index in [1.54, 1.807) is 33.9 Å². The van der Waals surface area contributed by atoms with Crippen molar-refractivity contribution in [3.63, 3.8) is 0 Å². The molecule has 0 fully saturated rings. The van der Waals surface area contributed by atoms with Crippen LogP contribution in [0.3, 0.4) is 0 Å². The summed E-state index contributed by atoms with van der Waals surface area (Å²) in [6.07, 6.45) is 3.33. The van der Waals surface area contributed by atoms with E-state index in [4.69, 9.17) is 9.47 Å². The van der Waals surface area contributed by atoms with Gasteiger partial charge >= 0.3 is 11.9 Å². The van der Waals surface area contributed by atoms with Crippen molar-refractivity contribution in [3.8, 4) is 0 Å². The number of nitrogens with zero attached hydrogens (tertiary/aromatic N) is 2. The summed E-state index contributed by atoms with van der Waals surface area (Å²) >= 11 is 1.00. The molecule has 0 aromatic carbocycles. The second-order valence-electron chi connectivity index (χ2n) is 6.86. The van der Waals surface area contributed by atoms with Gasteiger partial charge in [-0.2, -0.15) is 0 Å². The first kappa shape index (κ1) is 21.5. The van der Waals surface area contributed by atoms with Gasteiger partial charge in [0.1, 0.15) is 15.5 Å². The maximum atomic E-state index is 12.6. The smallest absolute Gasteiger partial charge is 0.348 e. The van der Waals surface area contributed by atoms with Crippen molar-refractivity contribution in [2.24, 2.45) is 0 Å². The third-order valence-electron chi connectivity index (χ3n) is 4.16. The molecule has 0 aliphatic rings. The lowest BCUT2D eigenvalue weighted by Gasteiger charge is -2.07. The van der Waals surface area contributed by atoms with Crippen LogP contribution in [0.1, 0.15) is 52.1 Å². The molecule has 0 unspecified atom stereocenters. The first-order chi connectivity index (χ1) is 14.3. The largest absolute Gasteiger partial charge is 0.462 e. The topological polar surface area (TPSA) is 99.0 Å². The van der Waals surface area contributed by atoms with Crippen LogP contribution in [-0.2, 0) is 20.7 Å². The van der Waals surface area contributed by atoms with Crippen LogP contribution in [0, 0.1) is 6.92 Å². The van der Waals surface area contributed by atoms with Crippen LogP contribution in [-0.4, -0.2) is 39.9 Å². The molecule has 0 radical (unpaired) electrons. The number of thiophene rings is 1. The van der Waals surface area contributed by atoms with Crippen LogP contribution in [0.25, 0.3) is 5.65 Å². The molecule has 3 heterocycles. The van der Waals surface area contributed by atoms with Gasteiger partial charge in [0.05, 0.1) is 30.4 Å². The molecule has 0 bridgehead atoms. The van der Waals surface area contributed by atoms with Crippen LogP contribution in [0.5, 0.6) is 0 Å². The fourth-order valence-electron chi connectivity index (χ4n) is 2.92. The SMILES string of the molecule is CCOC(=O)c1c(NC(=O)Cc2cn3ccccc3n2)sc(C(=O)OC(C)C)c1C. The summed E-state index contributed by atoms with van der Waals surface area (Å²) < 4.78 is 12.2. The normalized spacial score (nSPS) is 11.0. The summed E-state index contributed by atoms with van der Waals surface area (Å²) in [5, 5.41) is 2.99. The first-order valence-electron chi connectivity index (χ1n) is 9.54. The Morgan fingerprint density at radius 3 is 2.67 bits per heavy atom. The average molecular weight is 429 g/mol. The van der Waals surface area contributed by atoms with E-state index in [2.05, 4.69) is 10.3 Å². The number of imidazole rings is 1. The quantitative estimate of drug-likeness (QED) is 0.576. The van der Waals surface area contributed by atoms with Gasteiger partial charge < -0.3 is 19.2 Å². The highest BCUT2D eigenvalue weighted by molar-refractivity contribution is 7.18. The Hall–Kier alpha value is -3.20. The number of pyridine rings is 1. The second-order valence-corrected chi connectivity index (χ2v) is 7.88. The molecule has 0 spiro atoms. The van der Waals surface area contributed by atoms with Gasteiger partial charge in [-0.15, -0.1) is 11.3 Å². The molecule has 0 aliphatic heterocycles. The van der Waals surface area contributed by atoms with Crippen molar-refractivity contribution < 1.29 is 23.9 Å². The molecular formula is C21H23N3O5S. The molecule has 0 saturated carbocycles. The van der Waals surface area contributed by atoms with Gasteiger partial charge in [-0.1, -0.05) is 6.07 Å². The summed E-state index contributed by atoms with van der Waals surface area (Å²) in [5.74, 6) is -1.49. The fraction of sp³-hybridized carbons (Fsp3) is 0.333. The lowest BCUT2D eigenvalue weighted by Crippen LogP contribution is -2.16. The van der Waals surface area contributed by atoms with Crippen molar-refractivity contribution >= 4 is 39.8 Å². The van der Waals surface area contributed by atoms with Gasteiger partial charge in [0, 0.05) is 12.4 Å². The van der Waals surface area contributed by atoms with Gasteiger partial charge in [0.2, 0.25) is 5.91 Å². The van der Waals surface area contributed by atoms with E-state index in [-0.39, 0.29) is 40.5 Å². The molecular weight excluding hydrogens is 406 g/mol. The number of carbonyl (C=O) groups is 3. The summed E-state index contributed by atoms with van der Waals surface area (Å²) in [6.45, 7) is 6.98. The first-order valence-corrected chi connectivity index (χ1v) is 10.4. The monoisotopic (exact) mass is 429 g/mol. The van der Waals surface area contributed by atoms with E-state index < -0.39 is 11.9 Å². The number of esters is 2. The van der Waals surface area contributed by atoms with E-state index in [0.29, 0.717) is 11.3 Å². The average Bonchev–Trinajstić information content (AvgIpc) is 3.21. The highest BCUT2D eigenvalue weighted by atomic mass is 32.1. The number of anilines is 1. The zero-order valence-electron chi connectivity index (χ0n) is 17.2. The molecule has 3 aromatic heterocycles. The fourth-order valence-corrected chi connectivity index (χ4v) is 4.01. The maximum absolute atomic E-state index is 12.6. The predicted octanol–water partition coefficient (Wildman–Crippen LogP) is 3.63. The zero-order chi connectivity index (χ0) is 21.8. The van der Waals surface area contributed by atoms with Crippen LogP contribution in [0.15, 0.2) is 30.6 Å². The minimum absolute atomic E-state index is 0.0205. The minimum Gasteiger partial charge on any atom is -0.462 e. The van der Waals surface area contributed by atoms with E-state index in [1.165, 1.54) is 0 Å². The van der Waals surface area contributed by atoms with Crippen molar-refractivity contribution in [1.82, 2.24) is 9.38 Å². The molecule has 3 aromatic rings. The van der Waals surface area contributed by atoms with Gasteiger partial charge in [0.15, 0.2) is 0 Å². The second kappa shape index (κ2) is 9.08. The third-order valence-corrected chi connectivity index (χ3v) is 5.35. The summed E-state index contributed by atoms with van der Waals surface area (Å²) in [5.41, 5.74) is 1.91. The standard InChI is InChI=1S/C21H23N3O5S/c1-5-28-20(26)17-13(4)18(21(27)29-12(2)3)30-19(17)23-16(25)10-14-11-24-9-7-6-8-15(24)22-14/h6-9,11-12H,5,10H2,1-4H3,(H,23,25). The molecule has 3 rings (SSSR count). The van der Waals surface area contributed by atoms with Crippen LogP contribution >= 0.6 is 11.3 Å². The van der Waals surface area contributed by atoms with Gasteiger partial charge in [0.25, 0.3) is 0 Å². The molecule has 0 saturated heterocycles. The van der Waals surface area contributed by atoms with Gasteiger partial charge in [-0.25, -0.2) is 14.6 Å². The van der Waals surface area contributed by atoms with Crippen molar-refractivity contribution in [1.29, 1.82) is 0 Å². The lowest BCUT2D eigenvalue weighted by atomic mass is 10.1. The number of rotatable bonds is 7. The molecule has 0 aliphatic carbocycles. The van der Waals surface area contributed by atoms with Gasteiger partial charge in [-0.3, -0.25) is 4.79 Å². The van der Waals surface area contributed by atoms with Gasteiger partial charge in [-0.05, 0) is 45.4 Å². The Kier molecular flexibility index (Phi) is 6.51. The van der Waals surface area contributed by atoms with Crippen LogP contribution in [0.2, 0.25) is 0 Å². The Labute approximate surface area is 177 Å². The number of ether oxygens (including phenoxy) is 2.